The minimum Gasteiger partial charge on any atom is -0.492 e. The quantitative estimate of drug-likeness (QED) is 0.285. The van der Waals surface area contributed by atoms with Crippen LogP contribution >= 0.6 is 0 Å². The highest BCUT2D eigenvalue weighted by molar-refractivity contribution is 5.97. The van der Waals surface area contributed by atoms with Crippen molar-refractivity contribution in [2.75, 3.05) is 24.7 Å². The van der Waals surface area contributed by atoms with Crippen LogP contribution in [0.25, 0.3) is 11.0 Å². The van der Waals surface area contributed by atoms with Gasteiger partial charge in [-0.05, 0) is 48.2 Å². The summed E-state index contributed by atoms with van der Waals surface area (Å²) in [6, 6.07) is 24.2. The van der Waals surface area contributed by atoms with Gasteiger partial charge in [0.2, 0.25) is 5.91 Å². The highest BCUT2D eigenvalue weighted by atomic mass is 16.5. The third-order valence-electron chi connectivity index (χ3n) is 6.90. The number of imidazole rings is 1. The molecule has 1 aromatic heterocycles. The van der Waals surface area contributed by atoms with Gasteiger partial charge in [0.1, 0.15) is 23.9 Å². The average Bonchev–Trinajstić information content (AvgIpc) is 3.45. The number of benzene rings is 3. The molecule has 0 spiro atoms. The van der Waals surface area contributed by atoms with E-state index in [9.17, 15) is 4.79 Å². The Bertz CT molecular complexity index is 1400. The molecule has 2 heterocycles. The van der Waals surface area contributed by atoms with Crippen molar-refractivity contribution >= 4 is 22.6 Å². The summed E-state index contributed by atoms with van der Waals surface area (Å²) in [5, 5.41) is 0. The maximum atomic E-state index is 13.2. The van der Waals surface area contributed by atoms with Crippen LogP contribution in [0.15, 0.2) is 72.8 Å². The molecule has 4 aromatic rings. The Labute approximate surface area is 218 Å². The van der Waals surface area contributed by atoms with Gasteiger partial charge in [-0.3, -0.25) is 4.79 Å². The molecule has 1 amide bonds. The molecule has 192 valence electrons. The summed E-state index contributed by atoms with van der Waals surface area (Å²) >= 11 is 0. The van der Waals surface area contributed by atoms with Gasteiger partial charge in [0.05, 0.1) is 29.9 Å². The minimum atomic E-state index is -0.0172. The predicted octanol–water partition coefficient (Wildman–Crippen LogP) is 6.33. The van der Waals surface area contributed by atoms with Gasteiger partial charge >= 0.3 is 0 Å². The number of para-hydroxylation sites is 5. The Morgan fingerprint density at radius 2 is 1.62 bits per heavy atom. The van der Waals surface area contributed by atoms with E-state index in [0.29, 0.717) is 32.7 Å². The number of fused-ring (bicyclic) bond motifs is 1. The van der Waals surface area contributed by atoms with Crippen molar-refractivity contribution in [2.45, 2.75) is 52.0 Å². The van der Waals surface area contributed by atoms with Crippen LogP contribution in [0.4, 0.5) is 5.69 Å². The standard InChI is InChI=1S/C31H35N3O3/c1-5-36-28-17-11-9-15-26(28)34-21-22(20-29(34)35)30-32-24-13-7-8-14-25(24)33(30)18-19-37-27-16-10-6-12-23(27)31(2,3)4/h6-17,22H,5,18-21H2,1-4H3. The van der Waals surface area contributed by atoms with Crippen LogP contribution in [-0.4, -0.2) is 35.2 Å². The number of rotatable bonds is 8. The molecule has 1 saturated heterocycles. The molecule has 5 rings (SSSR count). The number of nitrogens with zero attached hydrogens (tertiary/aromatic N) is 3. The molecule has 1 aliphatic heterocycles. The molecule has 0 bridgehead atoms. The van der Waals surface area contributed by atoms with Gasteiger partial charge in [0.25, 0.3) is 0 Å². The first kappa shape index (κ1) is 24.9. The first-order chi connectivity index (χ1) is 17.9. The zero-order chi connectivity index (χ0) is 26.0. The maximum absolute atomic E-state index is 13.2. The number of hydrogen-bond acceptors (Lipinski definition) is 4. The van der Waals surface area contributed by atoms with E-state index in [4.69, 9.17) is 14.5 Å². The molecule has 6 nitrogen and oxygen atoms in total. The van der Waals surface area contributed by atoms with Crippen molar-refractivity contribution in [3.05, 3.63) is 84.2 Å². The van der Waals surface area contributed by atoms with E-state index in [1.54, 1.807) is 0 Å². The van der Waals surface area contributed by atoms with E-state index in [1.807, 2.05) is 66.4 Å². The van der Waals surface area contributed by atoms with E-state index >= 15 is 0 Å². The van der Waals surface area contributed by atoms with Crippen molar-refractivity contribution in [3.63, 3.8) is 0 Å². The molecule has 6 heteroatoms. The van der Waals surface area contributed by atoms with Gasteiger partial charge in [-0.1, -0.05) is 63.2 Å². The van der Waals surface area contributed by atoms with E-state index in [-0.39, 0.29) is 17.2 Å². The Morgan fingerprint density at radius 3 is 2.41 bits per heavy atom. The summed E-state index contributed by atoms with van der Waals surface area (Å²) in [4.78, 5) is 20.0. The molecule has 37 heavy (non-hydrogen) atoms. The molecule has 1 atom stereocenters. The van der Waals surface area contributed by atoms with Gasteiger partial charge in [-0.15, -0.1) is 0 Å². The van der Waals surface area contributed by atoms with Crippen LogP contribution in [0.1, 0.15) is 51.4 Å². The monoisotopic (exact) mass is 497 g/mol. The van der Waals surface area contributed by atoms with Gasteiger partial charge in [0.15, 0.2) is 0 Å². The van der Waals surface area contributed by atoms with E-state index < -0.39 is 0 Å². The van der Waals surface area contributed by atoms with Crippen LogP contribution in [0, 0.1) is 0 Å². The second-order valence-corrected chi connectivity index (χ2v) is 10.5. The molecule has 0 aliphatic carbocycles. The first-order valence-electron chi connectivity index (χ1n) is 13.1. The lowest BCUT2D eigenvalue weighted by Crippen LogP contribution is -2.25. The van der Waals surface area contributed by atoms with Gasteiger partial charge in [0, 0.05) is 18.9 Å². The fourth-order valence-corrected chi connectivity index (χ4v) is 5.17. The van der Waals surface area contributed by atoms with Crippen molar-refractivity contribution < 1.29 is 14.3 Å². The fourth-order valence-electron chi connectivity index (χ4n) is 5.17. The summed E-state index contributed by atoms with van der Waals surface area (Å²) in [7, 11) is 0. The zero-order valence-corrected chi connectivity index (χ0v) is 22.1. The second-order valence-electron chi connectivity index (χ2n) is 10.5. The maximum Gasteiger partial charge on any atom is 0.227 e. The Hall–Kier alpha value is -3.80. The summed E-state index contributed by atoms with van der Waals surface area (Å²) in [5.74, 6) is 2.65. The molecule has 0 saturated carbocycles. The van der Waals surface area contributed by atoms with Crippen molar-refractivity contribution in [1.82, 2.24) is 9.55 Å². The normalized spacial score (nSPS) is 15.9. The Kier molecular flexibility index (Phi) is 6.92. The lowest BCUT2D eigenvalue weighted by Gasteiger charge is -2.23. The van der Waals surface area contributed by atoms with E-state index in [2.05, 4.69) is 43.5 Å². The fraction of sp³-hybridized carbons (Fsp3) is 0.355. The molecule has 1 fully saturated rings. The average molecular weight is 498 g/mol. The molecule has 1 unspecified atom stereocenters. The number of hydrogen-bond donors (Lipinski definition) is 0. The van der Waals surface area contributed by atoms with Gasteiger partial charge < -0.3 is 18.9 Å². The second kappa shape index (κ2) is 10.3. The van der Waals surface area contributed by atoms with E-state index in [1.165, 1.54) is 5.56 Å². The van der Waals surface area contributed by atoms with Gasteiger partial charge in [-0.25, -0.2) is 4.98 Å². The van der Waals surface area contributed by atoms with Crippen LogP contribution in [0.2, 0.25) is 0 Å². The molecule has 3 aromatic carbocycles. The topological polar surface area (TPSA) is 56.6 Å². The zero-order valence-electron chi connectivity index (χ0n) is 22.1. The summed E-state index contributed by atoms with van der Waals surface area (Å²) in [6.45, 7) is 10.8. The van der Waals surface area contributed by atoms with Crippen LogP contribution in [-0.2, 0) is 16.8 Å². The molecule has 1 aliphatic rings. The van der Waals surface area contributed by atoms with Crippen LogP contribution in [0.3, 0.4) is 0 Å². The van der Waals surface area contributed by atoms with Crippen molar-refractivity contribution in [1.29, 1.82) is 0 Å². The lowest BCUT2D eigenvalue weighted by atomic mass is 9.86. The number of carbonyl (C=O) groups is 1. The number of aromatic nitrogens is 2. The first-order valence-corrected chi connectivity index (χ1v) is 13.1. The summed E-state index contributed by atoms with van der Waals surface area (Å²) < 4.78 is 14.4. The third kappa shape index (κ3) is 5.06. The van der Waals surface area contributed by atoms with Gasteiger partial charge in [-0.2, -0.15) is 0 Å². The smallest absolute Gasteiger partial charge is 0.227 e. The van der Waals surface area contributed by atoms with Crippen molar-refractivity contribution in [3.8, 4) is 11.5 Å². The number of anilines is 1. The molecule has 0 N–H and O–H groups in total. The number of ether oxygens (including phenoxy) is 2. The largest absolute Gasteiger partial charge is 0.492 e. The molecular formula is C31H35N3O3. The SMILES string of the molecule is CCOc1ccccc1N1CC(c2nc3ccccc3n2CCOc2ccccc2C(C)(C)C)CC1=O. The highest BCUT2D eigenvalue weighted by Gasteiger charge is 2.36. The third-order valence-corrected chi connectivity index (χ3v) is 6.90. The van der Waals surface area contributed by atoms with Crippen LogP contribution in [0.5, 0.6) is 11.5 Å². The summed E-state index contributed by atoms with van der Waals surface area (Å²) in [6.07, 6.45) is 0.414. The van der Waals surface area contributed by atoms with Crippen molar-refractivity contribution in [2.24, 2.45) is 0 Å². The predicted molar refractivity (Wildman–Crippen MR) is 148 cm³/mol. The molecular weight excluding hydrogens is 462 g/mol. The molecule has 0 radical (unpaired) electrons. The highest BCUT2D eigenvalue weighted by Crippen LogP contribution is 2.37. The van der Waals surface area contributed by atoms with Crippen LogP contribution < -0.4 is 14.4 Å². The number of carbonyl (C=O) groups excluding carboxylic acids is 1. The summed E-state index contributed by atoms with van der Waals surface area (Å²) in [5.41, 5.74) is 4.01. The Morgan fingerprint density at radius 1 is 0.919 bits per heavy atom. The van der Waals surface area contributed by atoms with E-state index in [0.717, 1.165) is 34.0 Å². The minimum absolute atomic E-state index is 0.00505. The lowest BCUT2D eigenvalue weighted by molar-refractivity contribution is -0.117. The number of amides is 1. The Balaban J connectivity index is 1.41.